The molecule has 2 rings (SSSR count). The summed E-state index contributed by atoms with van der Waals surface area (Å²) in [5.41, 5.74) is -0.211. The van der Waals surface area contributed by atoms with Gasteiger partial charge in [-0.25, -0.2) is 8.42 Å². The molecule has 0 atom stereocenters. The van der Waals surface area contributed by atoms with Crippen LogP contribution in [0.4, 0.5) is 10.5 Å². The monoisotopic (exact) mass is 308 g/mol. The van der Waals surface area contributed by atoms with Gasteiger partial charge < -0.3 is 9.84 Å². The summed E-state index contributed by atoms with van der Waals surface area (Å²) in [6, 6.07) is 10.8. The van der Waals surface area contributed by atoms with Crippen LogP contribution >= 0.6 is 0 Å². The number of sulfonamides is 1. The molecule has 2 N–H and O–H groups in total. The van der Waals surface area contributed by atoms with E-state index in [4.69, 9.17) is 0 Å². The Morgan fingerprint density at radius 3 is 2.38 bits per heavy atom. The number of phenols is 1. The van der Waals surface area contributed by atoms with Gasteiger partial charge in [-0.1, -0.05) is 18.2 Å². The second-order valence-corrected chi connectivity index (χ2v) is 5.63. The third kappa shape index (κ3) is 3.63. The van der Waals surface area contributed by atoms with Gasteiger partial charge in [0.2, 0.25) is 0 Å². The Kier molecular flexibility index (Phi) is 3.99. The molecule has 2 aromatic rings. The maximum Gasteiger partial charge on any atom is 0.555 e. The van der Waals surface area contributed by atoms with Gasteiger partial charge in [-0.3, -0.25) is 4.72 Å². The summed E-state index contributed by atoms with van der Waals surface area (Å²) in [4.78, 5) is 10.3. The predicted molar refractivity (Wildman–Crippen MR) is 72.1 cm³/mol. The van der Waals surface area contributed by atoms with Crippen molar-refractivity contribution in [3.05, 3.63) is 48.5 Å². The summed E-state index contributed by atoms with van der Waals surface area (Å²) in [5.74, 6) is -0.557. The van der Waals surface area contributed by atoms with Crippen molar-refractivity contribution in [1.82, 2.24) is 0 Å². The largest absolute Gasteiger partial charge is 0.555 e. The zero-order valence-electron chi connectivity index (χ0n) is 10.5. The van der Waals surface area contributed by atoms with Gasteiger partial charge in [0.25, 0.3) is 10.0 Å². The molecule has 0 aliphatic heterocycles. The maximum absolute atomic E-state index is 12.1. The fraction of sp³-hybridized carbons (Fsp3) is 0. The van der Waals surface area contributed by atoms with Crippen molar-refractivity contribution >= 4 is 21.9 Å². The van der Waals surface area contributed by atoms with Crippen LogP contribution < -0.4 is 9.46 Å². The Labute approximate surface area is 120 Å². The molecule has 1 radical (unpaired) electrons. The first-order valence-electron chi connectivity index (χ1n) is 5.68. The van der Waals surface area contributed by atoms with Gasteiger partial charge in [0, 0.05) is 6.07 Å². The average molecular weight is 308 g/mol. The van der Waals surface area contributed by atoms with Crippen molar-refractivity contribution < 1.29 is 28.2 Å². The van der Waals surface area contributed by atoms with Gasteiger partial charge in [0.15, 0.2) is 0 Å². The number of nitrogens with one attached hydrogen (secondary N) is 1. The Balaban J connectivity index is 2.33. The molecule has 7 nitrogen and oxygen atoms in total. The van der Waals surface area contributed by atoms with Crippen molar-refractivity contribution in [2.24, 2.45) is 0 Å². The fourth-order valence-electron chi connectivity index (χ4n) is 1.56. The molecular weight excluding hydrogens is 298 g/mol. The van der Waals surface area contributed by atoms with E-state index in [-0.39, 0.29) is 22.1 Å². The first-order chi connectivity index (χ1) is 9.88. The molecule has 0 amide bonds. The number of anilines is 1. The molecule has 21 heavy (non-hydrogen) atoms. The van der Waals surface area contributed by atoms with Gasteiger partial charge in [-0.15, -0.1) is 0 Å². The quantitative estimate of drug-likeness (QED) is 0.510. The summed E-state index contributed by atoms with van der Waals surface area (Å²) in [6.07, 6.45) is -1.79. The highest BCUT2D eigenvalue weighted by Gasteiger charge is 2.16. The number of carbonyl (C=O) groups excluding carboxylic acids is 1. The van der Waals surface area contributed by atoms with E-state index in [0.29, 0.717) is 0 Å². The highest BCUT2D eigenvalue weighted by Crippen LogP contribution is 2.30. The number of benzene rings is 2. The molecule has 0 spiro atoms. The number of hydrogen-bond donors (Lipinski definition) is 2. The molecule has 8 heteroatoms. The van der Waals surface area contributed by atoms with Crippen molar-refractivity contribution in [3.8, 4) is 11.5 Å². The van der Waals surface area contributed by atoms with Crippen molar-refractivity contribution in [1.29, 1.82) is 0 Å². The van der Waals surface area contributed by atoms with Gasteiger partial charge >= 0.3 is 6.16 Å². The minimum atomic E-state index is -3.91. The third-order valence-electron chi connectivity index (χ3n) is 2.47. The number of phenolic OH excluding ortho intramolecular Hbond substituents is 1. The number of ether oxygens (including phenoxy) is 1. The molecule has 0 unspecified atom stereocenters. The maximum atomic E-state index is 12.1. The first kappa shape index (κ1) is 14.7. The van der Waals surface area contributed by atoms with E-state index in [1.54, 1.807) is 18.2 Å². The number of hydrogen-bond acceptors (Lipinski definition) is 5. The van der Waals surface area contributed by atoms with Crippen LogP contribution in [0.5, 0.6) is 11.5 Å². The molecule has 2 aromatic carbocycles. The van der Waals surface area contributed by atoms with Crippen LogP contribution in [0, 0.1) is 0 Å². The van der Waals surface area contributed by atoms with Crippen molar-refractivity contribution in [3.63, 3.8) is 0 Å². The molecular formula is C13H10NO6S. The van der Waals surface area contributed by atoms with Crippen molar-refractivity contribution in [2.45, 2.75) is 4.90 Å². The topological polar surface area (TPSA) is 113 Å². The lowest BCUT2D eigenvalue weighted by Gasteiger charge is -2.10. The van der Waals surface area contributed by atoms with E-state index < -0.39 is 16.2 Å². The zero-order valence-corrected chi connectivity index (χ0v) is 11.3. The lowest BCUT2D eigenvalue weighted by atomic mass is 10.3. The fourth-order valence-corrected chi connectivity index (χ4v) is 2.65. The molecule has 0 aromatic heterocycles. The molecule has 0 heterocycles. The summed E-state index contributed by atoms with van der Waals surface area (Å²) >= 11 is 0. The second kappa shape index (κ2) is 5.71. The van der Waals surface area contributed by atoms with E-state index in [0.717, 1.165) is 18.2 Å². The zero-order chi connectivity index (χ0) is 15.5. The second-order valence-electron chi connectivity index (χ2n) is 3.95. The van der Waals surface area contributed by atoms with Gasteiger partial charge in [-0.2, -0.15) is 9.90 Å². The minimum Gasteiger partial charge on any atom is -0.506 e. The molecule has 0 bridgehead atoms. The third-order valence-corrected chi connectivity index (χ3v) is 3.85. The van der Waals surface area contributed by atoms with Crippen LogP contribution in [0.1, 0.15) is 0 Å². The van der Waals surface area contributed by atoms with Gasteiger partial charge in [0.1, 0.15) is 11.5 Å². The minimum absolute atomic E-state index is 0.00405. The van der Waals surface area contributed by atoms with Crippen LogP contribution in [0.25, 0.3) is 0 Å². The number of aromatic hydroxyl groups is 1. The van der Waals surface area contributed by atoms with Crippen LogP contribution in [-0.2, 0) is 15.1 Å². The van der Waals surface area contributed by atoms with Crippen molar-refractivity contribution in [2.75, 3.05) is 4.72 Å². The van der Waals surface area contributed by atoms with Gasteiger partial charge in [-0.05, 0) is 24.3 Å². The Morgan fingerprint density at radius 2 is 1.76 bits per heavy atom. The molecule has 0 saturated heterocycles. The van der Waals surface area contributed by atoms with E-state index in [1.165, 1.54) is 12.1 Å². The number of carbonyl (C=O) groups is 1. The number of rotatable bonds is 4. The summed E-state index contributed by atoms with van der Waals surface area (Å²) in [6.45, 7) is 0. The predicted octanol–water partition coefficient (Wildman–Crippen LogP) is 2.12. The van der Waals surface area contributed by atoms with E-state index in [9.17, 15) is 23.4 Å². The lowest BCUT2D eigenvalue weighted by Crippen LogP contribution is -2.13. The molecule has 0 saturated carbocycles. The Hall–Kier alpha value is -2.74. The molecule has 0 aliphatic carbocycles. The standard InChI is InChI=1S/C13H10NO6S/c15-12-7-6-9(20-13(16)17)8-11(12)14-21(18,19)10-4-2-1-3-5-10/h1-8,14-15H. The average Bonchev–Trinajstić information content (AvgIpc) is 2.43. The molecule has 0 aliphatic rings. The highest BCUT2D eigenvalue weighted by atomic mass is 32.2. The summed E-state index contributed by atoms with van der Waals surface area (Å²) in [7, 11) is -3.91. The van der Waals surface area contributed by atoms with Gasteiger partial charge in [0.05, 0.1) is 10.6 Å². The smallest absolute Gasteiger partial charge is 0.506 e. The first-order valence-corrected chi connectivity index (χ1v) is 7.16. The normalized spacial score (nSPS) is 10.9. The van der Waals surface area contributed by atoms with Crippen LogP contribution in [0.3, 0.4) is 0 Å². The Bertz CT molecular complexity index is 757. The summed E-state index contributed by atoms with van der Waals surface area (Å²) in [5, 5.41) is 20.0. The van der Waals surface area contributed by atoms with E-state index in [2.05, 4.69) is 9.46 Å². The summed E-state index contributed by atoms with van der Waals surface area (Å²) < 4.78 is 30.6. The van der Waals surface area contributed by atoms with Crippen LogP contribution in [-0.4, -0.2) is 19.7 Å². The SMILES string of the molecule is [O]C(=O)Oc1ccc(O)c(NS(=O)(=O)c2ccccc2)c1. The Morgan fingerprint density at radius 1 is 1.10 bits per heavy atom. The highest BCUT2D eigenvalue weighted by molar-refractivity contribution is 7.92. The van der Waals surface area contributed by atoms with E-state index >= 15 is 0 Å². The lowest BCUT2D eigenvalue weighted by molar-refractivity contribution is 0.117. The van der Waals surface area contributed by atoms with Crippen LogP contribution in [0.15, 0.2) is 53.4 Å². The molecule has 0 fully saturated rings. The molecule has 109 valence electrons. The van der Waals surface area contributed by atoms with E-state index in [1.807, 2.05) is 0 Å². The van der Waals surface area contributed by atoms with Crippen LogP contribution in [0.2, 0.25) is 0 Å².